The Kier molecular flexibility index (Phi) is 5.51. The summed E-state index contributed by atoms with van der Waals surface area (Å²) in [5.41, 5.74) is 0.687. The normalized spacial score (nSPS) is 22.5. The van der Waals surface area contributed by atoms with Crippen LogP contribution in [-0.2, 0) is 4.79 Å². The monoisotopic (exact) mass is 329 g/mol. The van der Waals surface area contributed by atoms with Crippen molar-refractivity contribution in [2.45, 2.75) is 19.8 Å². The number of carbonyl (C=O) groups is 2. The molecule has 3 rings (SSSR count). The Morgan fingerprint density at radius 1 is 1.29 bits per heavy atom. The molecule has 0 aliphatic carbocycles. The largest absolute Gasteiger partial charge is 0.352 e. The molecule has 130 valence electrons. The minimum absolute atomic E-state index is 0.0343. The molecule has 2 aliphatic heterocycles. The van der Waals surface area contributed by atoms with Gasteiger partial charge < -0.3 is 15.5 Å². The fourth-order valence-electron chi connectivity index (χ4n) is 3.51. The van der Waals surface area contributed by atoms with Crippen LogP contribution >= 0.6 is 0 Å². The van der Waals surface area contributed by atoms with Crippen molar-refractivity contribution in [3.05, 3.63) is 35.9 Å². The second-order valence-corrected chi connectivity index (χ2v) is 7.08. The molecule has 2 aliphatic rings. The molecule has 0 aromatic heterocycles. The van der Waals surface area contributed by atoms with Crippen molar-refractivity contribution in [2.24, 2.45) is 17.8 Å². The molecule has 0 spiro atoms. The van der Waals surface area contributed by atoms with Crippen LogP contribution in [0.1, 0.15) is 30.1 Å². The van der Waals surface area contributed by atoms with Gasteiger partial charge in [-0.05, 0) is 49.9 Å². The Morgan fingerprint density at radius 3 is 2.71 bits per heavy atom. The molecule has 0 saturated carbocycles. The molecule has 5 heteroatoms. The van der Waals surface area contributed by atoms with Crippen LogP contribution in [0.15, 0.2) is 30.3 Å². The summed E-state index contributed by atoms with van der Waals surface area (Å²) in [6.45, 7) is 6.21. The first-order valence-corrected chi connectivity index (χ1v) is 8.98. The summed E-state index contributed by atoms with van der Waals surface area (Å²) in [6.07, 6.45) is 2.09. The summed E-state index contributed by atoms with van der Waals surface area (Å²) in [5.74, 6) is 1.18. The molecule has 2 fully saturated rings. The maximum Gasteiger partial charge on any atom is 0.251 e. The molecule has 1 aromatic carbocycles. The minimum Gasteiger partial charge on any atom is -0.352 e. The standard InChI is InChI=1S/C19H27N3O2/c1-14(17-11-20-12-17)19(24)22-9-5-6-15(13-22)10-21-18(23)16-7-3-2-4-8-16/h2-4,7-8,14-15,17,20H,5-6,9-13H2,1H3,(H,21,23). The number of benzene rings is 1. The van der Waals surface area contributed by atoms with Crippen molar-refractivity contribution in [1.82, 2.24) is 15.5 Å². The molecule has 2 N–H and O–H groups in total. The lowest BCUT2D eigenvalue weighted by Crippen LogP contribution is -2.52. The molecule has 0 radical (unpaired) electrons. The lowest BCUT2D eigenvalue weighted by atomic mass is 9.87. The topological polar surface area (TPSA) is 61.4 Å². The van der Waals surface area contributed by atoms with E-state index in [4.69, 9.17) is 0 Å². The van der Waals surface area contributed by atoms with Crippen LogP contribution in [-0.4, -0.2) is 49.4 Å². The third kappa shape index (κ3) is 3.96. The molecular formula is C19H27N3O2. The molecule has 2 amide bonds. The van der Waals surface area contributed by atoms with Crippen molar-refractivity contribution < 1.29 is 9.59 Å². The summed E-state index contributed by atoms with van der Waals surface area (Å²) in [4.78, 5) is 26.8. The summed E-state index contributed by atoms with van der Waals surface area (Å²) < 4.78 is 0. The van der Waals surface area contributed by atoms with Gasteiger partial charge in [-0.1, -0.05) is 25.1 Å². The Labute approximate surface area is 143 Å². The molecule has 5 nitrogen and oxygen atoms in total. The molecule has 2 unspecified atom stereocenters. The van der Waals surface area contributed by atoms with Crippen molar-refractivity contribution in [3.63, 3.8) is 0 Å². The van der Waals surface area contributed by atoms with Crippen LogP contribution in [0.4, 0.5) is 0 Å². The van der Waals surface area contributed by atoms with E-state index in [1.807, 2.05) is 35.2 Å². The number of hydrogen-bond donors (Lipinski definition) is 2. The quantitative estimate of drug-likeness (QED) is 0.861. The van der Waals surface area contributed by atoms with Crippen LogP contribution in [0.3, 0.4) is 0 Å². The summed E-state index contributed by atoms with van der Waals surface area (Å²) in [7, 11) is 0. The Bertz CT molecular complexity index is 571. The predicted octanol–water partition coefficient (Wildman–Crippen LogP) is 1.51. The second kappa shape index (κ2) is 7.79. The predicted molar refractivity (Wildman–Crippen MR) is 93.6 cm³/mol. The number of nitrogens with one attached hydrogen (secondary N) is 2. The first-order chi connectivity index (χ1) is 11.6. The van der Waals surface area contributed by atoms with E-state index < -0.39 is 0 Å². The molecule has 2 saturated heterocycles. The van der Waals surface area contributed by atoms with Gasteiger partial charge in [0.1, 0.15) is 0 Å². The average Bonchev–Trinajstić information content (AvgIpc) is 2.58. The van der Waals surface area contributed by atoms with Crippen LogP contribution < -0.4 is 10.6 Å². The first-order valence-electron chi connectivity index (χ1n) is 8.98. The zero-order valence-corrected chi connectivity index (χ0v) is 14.3. The summed E-state index contributed by atoms with van der Waals surface area (Å²) in [6, 6.07) is 9.28. The van der Waals surface area contributed by atoms with Crippen LogP contribution in [0.5, 0.6) is 0 Å². The van der Waals surface area contributed by atoms with Gasteiger partial charge in [0, 0.05) is 31.1 Å². The van der Waals surface area contributed by atoms with E-state index in [1.165, 1.54) is 0 Å². The molecule has 24 heavy (non-hydrogen) atoms. The minimum atomic E-state index is -0.0343. The van der Waals surface area contributed by atoms with Gasteiger partial charge in [0.2, 0.25) is 5.91 Å². The van der Waals surface area contributed by atoms with Gasteiger partial charge in [0.25, 0.3) is 5.91 Å². The van der Waals surface area contributed by atoms with Gasteiger partial charge in [-0.15, -0.1) is 0 Å². The van der Waals surface area contributed by atoms with Gasteiger partial charge in [0.15, 0.2) is 0 Å². The Morgan fingerprint density at radius 2 is 2.04 bits per heavy atom. The lowest BCUT2D eigenvalue weighted by molar-refractivity contribution is -0.139. The van der Waals surface area contributed by atoms with E-state index in [1.54, 1.807) is 0 Å². The fourth-order valence-corrected chi connectivity index (χ4v) is 3.51. The van der Waals surface area contributed by atoms with Gasteiger partial charge in [-0.25, -0.2) is 0 Å². The highest BCUT2D eigenvalue weighted by atomic mass is 16.2. The number of piperidine rings is 1. The third-order valence-electron chi connectivity index (χ3n) is 5.33. The van der Waals surface area contributed by atoms with Crippen LogP contribution in [0.2, 0.25) is 0 Å². The SMILES string of the molecule is CC(C(=O)N1CCCC(CNC(=O)c2ccccc2)C1)C1CNC1. The fraction of sp³-hybridized carbons (Fsp3) is 0.579. The van der Waals surface area contributed by atoms with Gasteiger partial charge in [0.05, 0.1) is 0 Å². The van der Waals surface area contributed by atoms with Crippen molar-refractivity contribution >= 4 is 11.8 Å². The van der Waals surface area contributed by atoms with Crippen LogP contribution in [0.25, 0.3) is 0 Å². The van der Waals surface area contributed by atoms with Gasteiger partial charge in [-0.3, -0.25) is 9.59 Å². The van der Waals surface area contributed by atoms with Gasteiger partial charge >= 0.3 is 0 Å². The highest BCUT2D eigenvalue weighted by Gasteiger charge is 2.33. The molecule has 1 aromatic rings. The zero-order valence-electron chi connectivity index (χ0n) is 14.3. The van der Waals surface area contributed by atoms with E-state index in [0.717, 1.165) is 39.0 Å². The number of nitrogens with zero attached hydrogens (tertiary/aromatic N) is 1. The van der Waals surface area contributed by atoms with Gasteiger partial charge in [-0.2, -0.15) is 0 Å². The number of hydrogen-bond acceptors (Lipinski definition) is 3. The zero-order chi connectivity index (χ0) is 16.9. The van der Waals surface area contributed by atoms with Crippen LogP contribution in [0, 0.1) is 17.8 Å². The summed E-state index contributed by atoms with van der Waals surface area (Å²) in [5, 5.41) is 6.25. The number of likely N-dealkylation sites (tertiary alicyclic amines) is 1. The van der Waals surface area contributed by atoms with E-state index in [2.05, 4.69) is 17.6 Å². The summed E-state index contributed by atoms with van der Waals surface area (Å²) >= 11 is 0. The Hall–Kier alpha value is -1.88. The molecular weight excluding hydrogens is 302 g/mol. The Balaban J connectivity index is 1.48. The van der Waals surface area contributed by atoms with E-state index in [-0.39, 0.29) is 17.7 Å². The van der Waals surface area contributed by atoms with E-state index >= 15 is 0 Å². The molecule has 2 heterocycles. The smallest absolute Gasteiger partial charge is 0.251 e. The van der Waals surface area contributed by atoms with Crippen molar-refractivity contribution in [1.29, 1.82) is 0 Å². The highest BCUT2D eigenvalue weighted by Crippen LogP contribution is 2.23. The molecule has 2 atom stereocenters. The lowest BCUT2D eigenvalue weighted by Gasteiger charge is -2.38. The first kappa shape index (κ1) is 17.0. The van der Waals surface area contributed by atoms with E-state index in [9.17, 15) is 9.59 Å². The van der Waals surface area contributed by atoms with Crippen molar-refractivity contribution in [3.8, 4) is 0 Å². The highest BCUT2D eigenvalue weighted by molar-refractivity contribution is 5.94. The van der Waals surface area contributed by atoms with Crippen molar-refractivity contribution in [2.75, 3.05) is 32.7 Å². The second-order valence-electron chi connectivity index (χ2n) is 7.08. The molecule has 0 bridgehead atoms. The van der Waals surface area contributed by atoms with E-state index in [0.29, 0.717) is 23.9 Å². The third-order valence-corrected chi connectivity index (χ3v) is 5.33. The number of amides is 2. The maximum absolute atomic E-state index is 12.6. The maximum atomic E-state index is 12.6. The number of rotatable bonds is 5. The average molecular weight is 329 g/mol. The number of carbonyl (C=O) groups excluding carboxylic acids is 2.